The summed E-state index contributed by atoms with van der Waals surface area (Å²) >= 11 is 1.71. The lowest BCUT2D eigenvalue weighted by atomic mass is 10.1. The summed E-state index contributed by atoms with van der Waals surface area (Å²) in [5.41, 5.74) is 2.23. The second-order valence-corrected chi connectivity index (χ2v) is 5.59. The van der Waals surface area contributed by atoms with Crippen LogP contribution in [0.25, 0.3) is 10.2 Å². The van der Waals surface area contributed by atoms with Crippen LogP contribution in [0.2, 0.25) is 0 Å². The van der Waals surface area contributed by atoms with Crippen molar-refractivity contribution in [3.05, 3.63) is 29.3 Å². The highest BCUT2D eigenvalue weighted by atomic mass is 32.1. The Bertz CT molecular complexity index is 515. The number of nitrogens with one attached hydrogen (secondary N) is 1. The molecule has 5 heteroatoms. The lowest BCUT2D eigenvalue weighted by molar-refractivity contribution is 0.0590. The number of rotatable bonds is 7. The molecule has 0 aliphatic heterocycles. The first-order valence-corrected chi connectivity index (χ1v) is 7.32. The van der Waals surface area contributed by atoms with Gasteiger partial charge in [-0.15, -0.1) is 11.3 Å². The zero-order chi connectivity index (χ0) is 13.7. The maximum atomic E-state index is 9.57. The zero-order valence-electron chi connectivity index (χ0n) is 11.3. The zero-order valence-corrected chi connectivity index (χ0v) is 12.1. The Labute approximate surface area is 117 Å². The van der Waals surface area contributed by atoms with Gasteiger partial charge in [0.1, 0.15) is 0 Å². The van der Waals surface area contributed by atoms with Crippen LogP contribution in [-0.4, -0.2) is 36.5 Å². The summed E-state index contributed by atoms with van der Waals surface area (Å²) in [7, 11) is 1.60. The van der Waals surface area contributed by atoms with Crippen LogP contribution in [0, 0.1) is 0 Å². The lowest BCUT2D eigenvalue weighted by Crippen LogP contribution is -2.25. The first-order chi connectivity index (χ1) is 9.20. The van der Waals surface area contributed by atoms with Crippen LogP contribution in [-0.2, 0) is 4.74 Å². The Morgan fingerprint density at radius 3 is 3.16 bits per heavy atom. The topological polar surface area (TPSA) is 54.4 Å². The van der Waals surface area contributed by atoms with Crippen molar-refractivity contribution < 1.29 is 9.84 Å². The van der Waals surface area contributed by atoms with Crippen molar-refractivity contribution in [3.8, 4) is 0 Å². The van der Waals surface area contributed by atoms with Crippen LogP contribution < -0.4 is 5.32 Å². The average molecular weight is 280 g/mol. The molecule has 2 atom stereocenters. The first-order valence-electron chi connectivity index (χ1n) is 6.44. The fourth-order valence-corrected chi connectivity index (χ4v) is 2.75. The number of thiophene rings is 1. The van der Waals surface area contributed by atoms with Gasteiger partial charge in [0, 0.05) is 19.3 Å². The third-order valence-electron chi connectivity index (χ3n) is 3.11. The molecule has 0 saturated heterocycles. The van der Waals surface area contributed by atoms with Crippen LogP contribution in [0.15, 0.2) is 23.7 Å². The normalized spacial score (nSPS) is 14.7. The monoisotopic (exact) mass is 280 g/mol. The van der Waals surface area contributed by atoms with Gasteiger partial charge in [-0.25, -0.2) is 0 Å². The minimum absolute atomic E-state index is 0.230. The van der Waals surface area contributed by atoms with E-state index in [-0.39, 0.29) is 6.04 Å². The quantitative estimate of drug-likeness (QED) is 0.817. The van der Waals surface area contributed by atoms with Crippen molar-refractivity contribution in [2.45, 2.75) is 25.5 Å². The Hall–Kier alpha value is -1.01. The van der Waals surface area contributed by atoms with Gasteiger partial charge in [-0.05, 0) is 43.0 Å². The van der Waals surface area contributed by atoms with Crippen molar-refractivity contribution in [2.75, 3.05) is 20.3 Å². The summed E-state index contributed by atoms with van der Waals surface area (Å²) in [6, 6.07) is 4.44. The van der Waals surface area contributed by atoms with Gasteiger partial charge in [-0.2, -0.15) is 0 Å². The van der Waals surface area contributed by atoms with Gasteiger partial charge in [-0.3, -0.25) is 4.98 Å². The van der Waals surface area contributed by atoms with E-state index in [1.807, 2.05) is 12.3 Å². The summed E-state index contributed by atoms with van der Waals surface area (Å²) in [6.07, 6.45) is 2.20. The van der Waals surface area contributed by atoms with Gasteiger partial charge in [-0.1, -0.05) is 0 Å². The van der Waals surface area contributed by atoms with Crippen molar-refractivity contribution in [3.63, 3.8) is 0 Å². The first kappa shape index (κ1) is 14.4. The fourth-order valence-electron chi connectivity index (χ4n) is 1.96. The molecule has 2 N–H and O–H groups in total. The number of hydrogen-bond acceptors (Lipinski definition) is 5. The molecule has 19 heavy (non-hydrogen) atoms. The summed E-state index contributed by atoms with van der Waals surface area (Å²) in [5.74, 6) is 0. The molecule has 4 nitrogen and oxygen atoms in total. The molecule has 0 aliphatic carbocycles. The average Bonchev–Trinajstić information content (AvgIpc) is 2.86. The van der Waals surface area contributed by atoms with Crippen LogP contribution >= 0.6 is 11.3 Å². The van der Waals surface area contributed by atoms with Crippen molar-refractivity contribution in [1.29, 1.82) is 0 Å². The van der Waals surface area contributed by atoms with Crippen molar-refractivity contribution in [2.24, 2.45) is 0 Å². The van der Waals surface area contributed by atoms with Crippen molar-refractivity contribution in [1.82, 2.24) is 10.3 Å². The molecule has 0 aromatic carbocycles. The second kappa shape index (κ2) is 6.96. The Kier molecular flexibility index (Phi) is 5.27. The molecule has 2 rings (SSSR count). The highest BCUT2D eigenvalue weighted by molar-refractivity contribution is 7.17. The molecule has 0 amide bonds. The number of pyridine rings is 1. The molecule has 104 valence electrons. The smallest absolute Gasteiger partial charge is 0.0809 e. The minimum Gasteiger partial charge on any atom is -0.391 e. The molecule has 0 saturated carbocycles. The highest BCUT2D eigenvalue weighted by Gasteiger charge is 2.08. The van der Waals surface area contributed by atoms with E-state index >= 15 is 0 Å². The Morgan fingerprint density at radius 2 is 2.37 bits per heavy atom. The number of nitrogens with zero attached hydrogens (tertiary/aromatic N) is 1. The van der Waals surface area contributed by atoms with Crippen LogP contribution in [0.3, 0.4) is 0 Å². The van der Waals surface area contributed by atoms with E-state index < -0.39 is 6.10 Å². The third kappa shape index (κ3) is 3.98. The molecule has 0 spiro atoms. The predicted octanol–water partition coefficient (Wildman–Crippen LogP) is 2.34. The van der Waals surface area contributed by atoms with Crippen LogP contribution in [0.1, 0.15) is 24.9 Å². The molecule has 2 heterocycles. The molecular formula is C14H20N2O2S. The number of hydrogen-bond donors (Lipinski definition) is 2. The Balaban J connectivity index is 1.86. The molecule has 2 aromatic heterocycles. The number of aromatic nitrogens is 1. The number of methoxy groups -OCH3 is 1. The molecule has 0 fully saturated rings. The molecule has 0 bridgehead atoms. The van der Waals surface area contributed by atoms with Gasteiger partial charge in [0.15, 0.2) is 0 Å². The number of aliphatic hydroxyl groups excluding tert-OH is 1. The summed E-state index contributed by atoms with van der Waals surface area (Å²) in [6.45, 7) is 3.26. The van der Waals surface area contributed by atoms with E-state index in [0.717, 1.165) is 12.1 Å². The van der Waals surface area contributed by atoms with E-state index in [2.05, 4.69) is 28.7 Å². The van der Waals surface area contributed by atoms with Crippen molar-refractivity contribution >= 4 is 21.6 Å². The van der Waals surface area contributed by atoms with Gasteiger partial charge in [0.05, 0.1) is 22.9 Å². The minimum atomic E-state index is -0.400. The summed E-state index contributed by atoms with van der Waals surface area (Å²) in [5, 5.41) is 15.0. The van der Waals surface area contributed by atoms with Gasteiger partial charge in [0.25, 0.3) is 0 Å². The predicted molar refractivity (Wildman–Crippen MR) is 78.5 cm³/mol. The van der Waals surface area contributed by atoms with Crippen LogP contribution in [0.5, 0.6) is 0 Å². The Morgan fingerprint density at radius 1 is 1.53 bits per heavy atom. The fraction of sp³-hybridized carbons (Fsp3) is 0.500. The molecular weight excluding hydrogens is 260 g/mol. The molecule has 2 aromatic rings. The van der Waals surface area contributed by atoms with E-state index in [1.165, 1.54) is 10.3 Å². The second-order valence-electron chi connectivity index (χ2n) is 4.65. The molecule has 0 radical (unpaired) electrons. The van der Waals surface area contributed by atoms with Gasteiger partial charge < -0.3 is 15.2 Å². The number of ether oxygens (including phenoxy) is 1. The lowest BCUT2D eigenvalue weighted by Gasteiger charge is -2.15. The summed E-state index contributed by atoms with van der Waals surface area (Å²) in [4.78, 5) is 4.44. The van der Waals surface area contributed by atoms with Gasteiger partial charge in [0.2, 0.25) is 0 Å². The van der Waals surface area contributed by atoms with E-state index in [0.29, 0.717) is 13.0 Å². The van der Waals surface area contributed by atoms with Crippen LogP contribution in [0.4, 0.5) is 0 Å². The number of fused-ring (bicyclic) bond motifs is 1. The van der Waals surface area contributed by atoms with Gasteiger partial charge >= 0.3 is 0 Å². The maximum absolute atomic E-state index is 9.57. The SMILES string of the molecule is COCC(O)CCNC(C)c1cnc2ccsc2c1. The van der Waals surface area contributed by atoms with E-state index in [9.17, 15) is 5.11 Å². The van der Waals surface area contributed by atoms with E-state index in [1.54, 1.807) is 18.4 Å². The van der Waals surface area contributed by atoms with E-state index in [4.69, 9.17) is 4.74 Å². The molecule has 2 unspecified atom stereocenters. The largest absolute Gasteiger partial charge is 0.391 e. The molecule has 0 aliphatic rings. The third-order valence-corrected chi connectivity index (χ3v) is 3.96. The highest BCUT2D eigenvalue weighted by Crippen LogP contribution is 2.22. The standard InChI is InChI=1S/C14H20N2O2S/c1-10(15-5-3-12(17)9-18-2)11-7-14-13(16-8-11)4-6-19-14/h4,6-8,10,12,15,17H,3,5,9H2,1-2H3. The maximum Gasteiger partial charge on any atom is 0.0809 e. The summed E-state index contributed by atoms with van der Waals surface area (Å²) < 4.78 is 6.11. The number of aliphatic hydroxyl groups is 1.